The molecule has 0 fully saturated rings. The Balaban J connectivity index is 1.75. The Labute approximate surface area is 183 Å². The molecule has 4 rings (SSSR count). The van der Waals surface area contributed by atoms with Crippen LogP contribution in [-0.2, 0) is 28.8 Å². The number of aliphatic carboxylic acids is 1. The van der Waals surface area contributed by atoms with E-state index in [9.17, 15) is 14.1 Å². The van der Waals surface area contributed by atoms with Crippen molar-refractivity contribution in [3.8, 4) is 5.75 Å². The van der Waals surface area contributed by atoms with Crippen molar-refractivity contribution in [1.82, 2.24) is 3.97 Å². The van der Waals surface area contributed by atoms with Gasteiger partial charge in [-0.25, -0.2) is 4.21 Å². The van der Waals surface area contributed by atoms with Crippen LogP contribution in [-0.4, -0.2) is 19.3 Å². The molecule has 0 aliphatic carbocycles. The minimum Gasteiger partial charge on any atom is -0.488 e. The third-order valence-corrected chi connectivity index (χ3v) is 6.42. The molecule has 1 atom stereocenters. The molecule has 6 heteroatoms. The molecule has 1 unspecified atom stereocenters. The van der Waals surface area contributed by atoms with Crippen molar-refractivity contribution in [2.45, 2.75) is 31.3 Å². The molecule has 0 saturated heterocycles. The summed E-state index contributed by atoms with van der Waals surface area (Å²) < 4.78 is 21.1. The average molecular weight is 434 g/mol. The van der Waals surface area contributed by atoms with E-state index >= 15 is 0 Å². The lowest BCUT2D eigenvalue weighted by molar-refractivity contribution is -0.136. The van der Waals surface area contributed by atoms with Gasteiger partial charge in [0.2, 0.25) is 0 Å². The maximum absolute atomic E-state index is 13.3. The van der Waals surface area contributed by atoms with Gasteiger partial charge >= 0.3 is 5.97 Å². The standard InChI is InChI=1S/C25H23NO4S/c1-18-10-13-21(14-11-18)31(29)26-16-20(12-15-24(27)28)25-22(26)8-5-9-23(25)30-17-19-6-3-2-4-7-19/h2-11,13-14,16H,12,15,17H2,1H3,(H,27,28). The highest BCUT2D eigenvalue weighted by Crippen LogP contribution is 2.33. The van der Waals surface area contributed by atoms with E-state index in [0.717, 1.165) is 27.6 Å². The van der Waals surface area contributed by atoms with Crippen LogP contribution in [0.3, 0.4) is 0 Å². The highest BCUT2D eigenvalue weighted by Gasteiger charge is 2.18. The monoisotopic (exact) mass is 433 g/mol. The SMILES string of the molecule is Cc1ccc(S(=O)n2cc(CCC(=O)O)c3c(OCc4ccccc4)cccc32)cc1. The largest absolute Gasteiger partial charge is 0.488 e. The van der Waals surface area contributed by atoms with E-state index in [4.69, 9.17) is 4.74 Å². The molecular formula is C25H23NO4S. The number of hydrogen-bond donors (Lipinski definition) is 1. The third-order valence-electron chi connectivity index (χ3n) is 5.08. The molecule has 5 nitrogen and oxygen atoms in total. The highest BCUT2D eigenvalue weighted by atomic mass is 32.2. The summed E-state index contributed by atoms with van der Waals surface area (Å²) in [5.41, 5.74) is 3.69. The molecule has 1 heterocycles. The Hall–Kier alpha value is -3.38. The molecular weight excluding hydrogens is 410 g/mol. The van der Waals surface area contributed by atoms with Gasteiger partial charge in [0, 0.05) is 18.0 Å². The third kappa shape index (κ3) is 4.70. The lowest BCUT2D eigenvalue weighted by Gasteiger charge is -2.10. The van der Waals surface area contributed by atoms with Crippen molar-refractivity contribution >= 4 is 27.9 Å². The summed E-state index contributed by atoms with van der Waals surface area (Å²) in [5.74, 6) is -0.218. The van der Waals surface area contributed by atoms with E-state index in [-0.39, 0.29) is 6.42 Å². The van der Waals surface area contributed by atoms with Gasteiger partial charge in [0.05, 0.1) is 10.4 Å². The van der Waals surface area contributed by atoms with Crippen LogP contribution >= 0.6 is 0 Å². The first kappa shape index (κ1) is 20.9. The van der Waals surface area contributed by atoms with Gasteiger partial charge in [-0.3, -0.25) is 8.77 Å². The molecule has 0 saturated carbocycles. The van der Waals surface area contributed by atoms with Crippen molar-refractivity contribution in [2.75, 3.05) is 0 Å². The van der Waals surface area contributed by atoms with Crippen LogP contribution < -0.4 is 4.74 Å². The molecule has 0 amide bonds. The Morgan fingerprint density at radius 2 is 1.74 bits per heavy atom. The topological polar surface area (TPSA) is 68.5 Å². The summed E-state index contributed by atoms with van der Waals surface area (Å²) in [7, 11) is -1.46. The number of carboxylic acids is 1. The Morgan fingerprint density at radius 3 is 2.45 bits per heavy atom. The quantitative estimate of drug-likeness (QED) is 0.419. The molecule has 0 aliphatic rings. The van der Waals surface area contributed by atoms with Gasteiger partial charge < -0.3 is 9.84 Å². The van der Waals surface area contributed by atoms with Crippen LogP contribution in [0.2, 0.25) is 0 Å². The number of nitrogens with zero attached hydrogens (tertiary/aromatic N) is 1. The zero-order valence-electron chi connectivity index (χ0n) is 17.2. The minimum atomic E-state index is -1.46. The van der Waals surface area contributed by atoms with Gasteiger partial charge in [-0.1, -0.05) is 54.1 Å². The molecule has 1 aromatic heterocycles. The maximum Gasteiger partial charge on any atom is 0.303 e. The first-order valence-electron chi connectivity index (χ1n) is 10.0. The molecule has 0 aliphatic heterocycles. The van der Waals surface area contributed by atoms with Crippen molar-refractivity contribution < 1.29 is 18.8 Å². The second-order valence-corrected chi connectivity index (χ2v) is 8.72. The van der Waals surface area contributed by atoms with Crippen molar-refractivity contribution in [3.63, 3.8) is 0 Å². The molecule has 3 aromatic carbocycles. The second-order valence-electron chi connectivity index (χ2n) is 7.36. The number of rotatable bonds is 8. The number of carboxylic acid groups (broad SMARTS) is 1. The van der Waals surface area contributed by atoms with E-state index in [2.05, 4.69) is 0 Å². The van der Waals surface area contributed by atoms with Crippen LogP contribution in [0.1, 0.15) is 23.1 Å². The summed E-state index contributed by atoms with van der Waals surface area (Å²) in [6, 6.07) is 23.0. The molecule has 0 bridgehead atoms. The van der Waals surface area contributed by atoms with Gasteiger partial charge in [0.15, 0.2) is 11.0 Å². The average Bonchev–Trinajstić information content (AvgIpc) is 3.16. The van der Waals surface area contributed by atoms with Crippen molar-refractivity contribution in [3.05, 3.63) is 95.7 Å². The van der Waals surface area contributed by atoms with Gasteiger partial charge in [-0.05, 0) is 48.7 Å². The maximum atomic E-state index is 13.3. The highest BCUT2D eigenvalue weighted by molar-refractivity contribution is 7.83. The fraction of sp³-hybridized carbons (Fsp3) is 0.160. The minimum absolute atomic E-state index is 0.0106. The fourth-order valence-corrected chi connectivity index (χ4v) is 4.64. The molecule has 31 heavy (non-hydrogen) atoms. The molecule has 158 valence electrons. The van der Waals surface area contributed by atoms with Crippen LogP contribution in [0.4, 0.5) is 0 Å². The number of aryl methyl sites for hydroxylation is 2. The molecule has 0 spiro atoms. The van der Waals surface area contributed by atoms with E-state index in [1.54, 1.807) is 10.2 Å². The van der Waals surface area contributed by atoms with Crippen molar-refractivity contribution in [2.24, 2.45) is 0 Å². The smallest absolute Gasteiger partial charge is 0.303 e. The fourth-order valence-electron chi connectivity index (χ4n) is 3.49. The predicted octanol–water partition coefficient (Wildman–Crippen LogP) is 5.12. The Kier molecular flexibility index (Phi) is 6.18. The Morgan fingerprint density at radius 1 is 1.00 bits per heavy atom. The summed E-state index contributed by atoms with van der Waals surface area (Å²) >= 11 is 0. The van der Waals surface area contributed by atoms with Crippen molar-refractivity contribution in [1.29, 1.82) is 0 Å². The first-order chi connectivity index (χ1) is 15.0. The summed E-state index contributed by atoms with van der Waals surface area (Å²) in [6.45, 7) is 2.38. The Bertz CT molecular complexity index is 1230. The zero-order chi connectivity index (χ0) is 21.8. The normalized spacial score (nSPS) is 12.0. The summed E-state index contributed by atoms with van der Waals surface area (Å²) in [5, 5.41) is 10.00. The van der Waals surface area contributed by atoms with E-state index in [0.29, 0.717) is 23.7 Å². The van der Waals surface area contributed by atoms with Crippen LogP contribution in [0.25, 0.3) is 10.9 Å². The van der Waals surface area contributed by atoms with E-state index < -0.39 is 17.0 Å². The number of carbonyl (C=O) groups is 1. The van der Waals surface area contributed by atoms with Gasteiger partial charge in [0.25, 0.3) is 0 Å². The van der Waals surface area contributed by atoms with Gasteiger partial charge in [-0.2, -0.15) is 0 Å². The predicted molar refractivity (Wildman–Crippen MR) is 122 cm³/mol. The van der Waals surface area contributed by atoms with Gasteiger partial charge in [-0.15, -0.1) is 0 Å². The van der Waals surface area contributed by atoms with Crippen LogP contribution in [0.5, 0.6) is 5.75 Å². The summed E-state index contributed by atoms with van der Waals surface area (Å²) in [4.78, 5) is 11.9. The number of fused-ring (bicyclic) bond motifs is 1. The van der Waals surface area contributed by atoms with E-state index in [1.807, 2.05) is 79.7 Å². The lowest BCUT2D eigenvalue weighted by Crippen LogP contribution is -2.03. The van der Waals surface area contributed by atoms with Crippen LogP contribution in [0, 0.1) is 6.92 Å². The first-order valence-corrected chi connectivity index (χ1v) is 11.1. The lowest BCUT2D eigenvalue weighted by atomic mass is 10.1. The number of aromatic nitrogens is 1. The molecule has 1 N–H and O–H groups in total. The zero-order valence-corrected chi connectivity index (χ0v) is 18.0. The molecule has 0 radical (unpaired) electrons. The number of hydrogen-bond acceptors (Lipinski definition) is 3. The summed E-state index contributed by atoms with van der Waals surface area (Å²) in [6.07, 6.45) is 2.11. The van der Waals surface area contributed by atoms with Crippen LogP contribution in [0.15, 0.2) is 83.9 Å². The number of benzene rings is 3. The van der Waals surface area contributed by atoms with E-state index in [1.165, 1.54) is 0 Å². The van der Waals surface area contributed by atoms with Gasteiger partial charge in [0.1, 0.15) is 12.4 Å². The second kappa shape index (κ2) is 9.18. The number of ether oxygens (including phenoxy) is 1. The molecule has 4 aromatic rings.